The monoisotopic (exact) mass is 259 g/mol. The van der Waals surface area contributed by atoms with Crippen molar-refractivity contribution in [3.63, 3.8) is 0 Å². The van der Waals surface area contributed by atoms with Gasteiger partial charge < -0.3 is 15.4 Å². The van der Waals surface area contributed by atoms with E-state index in [1.165, 1.54) is 0 Å². The molecule has 1 heterocycles. The number of rotatable bonds is 5. The number of nitrogens with zero attached hydrogens (tertiary/aromatic N) is 1. The number of nitriles is 1. The summed E-state index contributed by atoms with van der Waals surface area (Å²) in [6, 6.07) is 7.59. The van der Waals surface area contributed by atoms with Gasteiger partial charge in [0, 0.05) is 19.5 Å². The van der Waals surface area contributed by atoms with Crippen LogP contribution < -0.4 is 15.4 Å². The summed E-state index contributed by atoms with van der Waals surface area (Å²) < 4.78 is 5.55. The number of hydrogen-bond donors (Lipinski definition) is 2. The van der Waals surface area contributed by atoms with Crippen molar-refractivity contribution in [2.75, 3.05) is 25.0 Å². The molecule has 0 bridgehead atoms. The lowest BCUT2D eigenvalue weighted by Crippen LogP contribution is -2.27. The zero-order valence-electron chi connectivity index (χ0n) is 10.7. The molecule has 0 aliphatic carbocycles. The SMILES string of the molecule is N#CCCCCNC(=O)c1cccc2c1OCCN2. The first-order valence-electron chi connectivity index (χ1n) is 6.48. The van der Waals surface area contributed by atoms with Gasteiger partial charge in [-0.05, 0) is 25.0 Å². The van der Waals surface area contributed by atoms with Crippen LogP contribution in [0.3, 0.4) is 0 Å². The molecule has 5 nitrogen and oxygen atoms in total. The number of amides is 1. The number of fused-ring (bicyclic) bond motifs is 1. The van der Waals surface area contributed by atoms with E-state index in [1.54, 1.807) is 6.07 Å². The van der Waals surface area contributed by atoms with Crippen LogP contribution in [0.1, 0.15) is 29.6 Å². The number of nitrogens with one attached hydrogen (secondary N) is 2. The molecule has 0 atom stereocenters. The van der Waals surface area contributed by atoms with E-state index in [0.717, 1.165) is 25.1 Å². The first-order chi connectivity index (χ1) is 9.33. The molecule has 5 heteroatoms. The van der Waals surface area contributed by atoms with Crippen LogP contribution in [0, 0.1) is 11.3 Å². The van der Waals surface area contributed by atoms with Crippen molar-refractivity contribution in [3.8, 4) is 11.8 Å². The van der Waals surface area contributed by atoms with Crippen LogP contribution >= 0.6 is 0 Å². The maximum Gasteiger partial charge on any atom is 0.255 e. The van der Waals surface area contributed by atoms with E-state index in [0.29, 0.717) is 30.9 Å². The van der Waals surface area contributed by atoms with E-state index in [9.17, 15) is 4.79 Å². The summed E-state index contributed by atoms with van der Waals surface area (Å²) in [5, 5.41) is 14.5. The molecule has 0 spiro atoms. The third-order valence-electron chi connectivity index (χ3n) is 2.92. The number of unbranched alkanes of at least 4 members (excludes halogenated alkanes) is 2. The highest BCUT2D eigenvalue weighted by Gasteiger charge is 2.18. The second kappa shape index (κ2) is 6.64. The van der Waals surface area contributed by atoms with Gasteiger partial charge in [0.05, 0.1) is 17.3 Å². The fourth-order valence-electron chi connectivity index (χ4n) is 1.98. The van der Waals surface area contributed by atoms with Gasteiger partial charge in [0.1, 0.15) is 6.61 Å². The van der Waals surface area contributed by atoms with Crippen LogP contribution in [-0.4, -0.2) is 25.6 Å². The van der Waals surface area contributed by atoms with Gasteiger partial charge in [0.25, 0.3) is 5.91 Å². The summed E-state index contributed by atoms with van der Waals surface area (Å²) in [6.45, 7) is 1.91. The van der Waals surface area contributed by atoms with E-state index in [1.807, 2.05) is 12.1 Å². The topological polar surface area (TPSA) is 74.2 Å². The Balaban J connectivity index is 1.94. The number of benzene rings is 1. The first-order valence-corrected chi connectivity index (χ1v) is 6.48. The summed E-state index contributed by atoms with van der Waals surface area (Å²) in [5.74, 6) is 0.501. The molecule has 0 fully saturated rings. The molecule has 2 N–H and O–H groups in total. The molecular weight excluding hydrogens is 242 g/mol. The Morgan fingerprint density at radius 3 is 3.21 bits per heavy atom. The number of ether oxygens (including phenoxy) is 1. The van der Waals surface area contributed by atoms with Crippen LogP contribution in [0.2, 0.25) is 0 Å². The molecule has 0 unspecified atom stereocenters. The molecule has 0 radical (unpaired) electrons. The molecular formula is C14H17N3O2. The van der Waals surface area contributed by atoms with Crippen molar-refractivity contribution < 1.29 is 9.53 Å². The normalized spacial score (nSPS) is 12.6. The van der Waals surface area contributed by atoms with Crippen LogP contribution in [-0.2, 0) is 0 Å². The summed E-state index contributed by atoms with van der Waals surface area (Å²) in [4.78, 5) is 12.1. The fourth-order valence-corrected chi connectivity index (χ4v) is 1.98. The Bertz CT molecular complexity index is 494. The third kappa shape index (κ3) is 3.38. The average Bonchev–Trinajstić information content (AvgIpc) is 2.46. The summed E-state index contributed by atoms with van der Waals surface area (Å²) in [7, 11) is 0. The largest absolute Gasteiger partial charge is 0.489 e. The van der Waals surface area contributed by atoms with Crippen molar-refractivity contribution in [2.24, 2.45) is 0 Å². The van der Waals surface area contributed by atoms with Crippen molar-refractivity contribution in [2.45, 2.75) is 19.3 Å². The lowest BCUT2D eigenvalue weighted by molar-refractivity contribution is 0.0949. The Morgan fingerprint density at radius 2 is 2.37 bits per heavy atom. The summed E-state index contributed by atoms with van der Waals surface area (Å²) in [6.07, 6.45) is 2.15. The summed E-state index contributed by atoms with van der Waals surface area (Å²) in [5.41, 5.74) is 1.42. The summed E-state index contributed by atoms with van der Waals surface area (Å²) >= 11 is 0. The zero-order valence-corrected chi connectivity index (χ0v) is 10.7. The number of carbonyl (C=O) groups excluding carboxylic acids is 1. The average molecular weight is 259 g/mol. The first kappa shape index (κ1) is 13.2. The van der Waals surface area contributed by atoms with Gasteiger partial charge in [0.2, 0.25) is 0 Å². The van der Waals surface area contributed by atoms with Crippen LogP contribution in [0.4, 0.5) is 5.69 Å². The highest BCUT2D eigenvalue weighted by Crippen LogP contribution is 2.30. The second-order valence-electron chi connectivity index (χ2n) is 4.33. The third-order valence-corrected chi connectivity index (χ3v) is 2.92. The Morgan fingerprint density at radius 1 is 1.47 bits per heavy atom. The molecule has 1 amide bonds. The standard InChI is InChI=1S/C14H17N3O2/c15-7-2-1-3-8-17-14(18)11-5-4-6-12-13(11)19-10-9-16-12/h4-6,16H,1-3,8-10H2,(H,17,18). The Hall–Kier alpha value is -2.22. The van der Waals surface area contributed by atoms with Crippen LogP contribution in [0.15, 0.2) is 18.2 Å². The maximum atomic E-state index is 12.1. The van der Waals surface area contributed by atoms with Crippen molar-refractivity contribution >= 4 is 11.6 Å². The molecule has 0 saturated carbocycles. The number of anilines is 1. The predicted molar refractivity (Wildman–Crippen MR) is 72.2 cm³/mol. The fraction of sp³-hybridized carbons (Fsp3) is 0.429. The van der Waals surface area contributed by atoms with E-state index < -0.39 is 0 Å². The smallest absolute Gasteiger partial charge is 0.255 e. The van der Waals surface area contributed by atoms with Gasteiger partial charge in [-0.25, -0.2) is 0 Å². The second-order valence-corrected chi connectivity index (χ2v) is 4.33. The van der Waals surface area contributed by atoms with Crippen molar-refractivity contribution in [3.05, 3.63) is 23.8 Å². The zero-order chi connectivity index (χ0) is 13.5. The van der Waals surface area contributed by atoms with Gasteiger partial charge in [-0.2, -0.15) is 5.26 Å². The van der Waals surface area contributed by atoms with Crippen molar-refractivity contribution in [1.29, 1.82) is 5.26 Å². The van der Waals surface area contributed by atoms with E-state index in [-0.39, 0.29) is 5.91 Å². The highest BCUT2D eigenvalue weighted by molar-refractivity contribution is 5.98. The molecule has 1 aliphatic rings. The number of para-hydroxylation sites is 1. The number of carbonyl (C=O) groups is 1. The van der Waals surface area contributed by atoms with E-state index in [4.69, 9.17) is 10.00 Å². The predicted octanol–water partition coefficient (Wildman–Crippen LogP) is 1.91. The van der Waals surface area contributed by atoms with Crippen LogP contribution in [0.25, 0.3) is 0 Å². The van der Waals surface area contributed by atoms with Gasteiger partial charge in [-0.3, -0.25) is 4.79 Å². The quantitative estimate of drug-likeness (QED) is 0.792. The van der Waals surface area contributed by atoms with Gasteiger partial charge in [-0.1, -0.05) is 6.07 Å². The molecule has 2 rings (SSSR count). The molecule has 19 heavy (non-hydrogen) atoms. The van der Waals surface area contributed by atoms with Gasteiger partial charge >= 0.3 is 0 Å². The lowest BCUT2D eigenvalue weighted by Gasteiger charge is -2.21. The highest BCUT2D eigenvalue weighted by atomic mass is 16.5. The minimum Gasteiger partial charge on any atom is -0.489 e. The molecule has 1 aromatic carbocycles. The number of hydrogen-bond acceptors (Lipinski definition) is 4. The van der Waals surface area contributed by atoms with E-state index >= 15 is 0 Å². The molecule has 0 saturated heterocycles. The van der Waals surface area contributed by atoms with Gasteiger partial charge in [-0.15, -0.1) is 0 Å². The Kier molecular flexibility index (Phi) is 4.62. The molecule has 1 aromatic rings. The van der Waals surface area contributed by atoms with Gasteiger partial charge in [0.15, 0.2) is 5.75 Å². The molecule has 0 aromatic heterocycles. The Labute approximate surface area is 112 Å². The minimum atomic E-state index is -0.127. The molecule has 100 valence electrons. The van der Waals surface area contributed by atoms with Crippen molar-refractivity contribution in [1.82, 2.24) is 5.32 Å². The van der Waals surface area contributed by atoms with E-state index in [2.05, 4.69) is 16.7 Å². The van der Waals surface area contributed by atoms with Crippen LogP contribution in [0.5, 0.6) is 5.75 Å². The molecule has 1 aliphatic heterocycles. The minimum absolute atomic E-state index is 0.127. The maximum absolute atomic E-state index is 12.1. The lowest BCUT2D eigenvalue weighted by atomic mass is 10.1.